The van der Waals surface area contributed by atoms with Gasteiger partial charge >= 0.3 is 0 Å². The highest BCUT2D eigenvalue weighted by molar-refractivity contribution is 7.24. The van der Waals surface area contributed by atoms with E-state index in [1.54, 1.807) is 11.3 Å². The topological polar surface area (TPSA) is 35.5 Å². The minimum absolute atomic E-state index is 0.0769. The van der Waals surface area contributed by atoms with E-state index in [4.69, 9.17) is 9.47 Å². The van der Waals surface area contributed by atoms with Crippen LogP contribution in [0.15, 0.2) is 47.3 Å². The minimum atomic E-state index is -0.739. The van der Waals surface area contributed by atoms with Crippen molar-refractivity contribution in [3.05, 3.63) is 58.3 Å². The van der Waals surface area contributed by atoms with Gasteiger partial charge in [0.05, 0.1) is 13.2 Å². The van der Waals surface area contributed by atoms with Crippen LogP contribution < -0.4 is 5.43 Å². The molecule has 3 nitrogen and oxygen atoms in total. The van der Waals surface area contributed by atoms with Gasteiger partial charge in [-0.3, -0.25) is 4.79 Å². The fourth-order valence-electron chi connectivity index (χ4n) is 3.28. The highest BCUT2D eigenvalue weighted by Gasteiger charge is 2.41. The van der Waals surface area contributed by atoms with E-state index in [1.807, 2.05) is 42.5 Å². The zero-order valence-corrected chi connectivity index (χ0v) is 14.0. The molecule has 0 radical (unpaired) electrons. The third-order valence-electron chi connectivity index (χ3n) is 4.45. The molecule has 2 heterocycles. The molecule has 4 heteroatoms. The lowest BCUT2D eigenvalue weighted by molar-refractivity contribution is -0.197. The molecule has 23 heavy (non-hydrogen) atoms. The Morgan fingerprint density at radius 1 is 1.00 bits per heavy atom. The van der Waals surface area contributed by atoms with Crippen LogP contribution in [0.5, 0.6) is 0 Å². The van der Waals surface area contributed by atoms with Crippen molar-refractivity contribution in [3.63, 3.8) is 0 Å². The van der Waals surface area contributed by atoms with Gasteiger partial charge < -0.3 is 9.47 Å². The van der Waals surface area contributed by atoms with E-state index >= 15 is 0 Å². The maximum atomic E-state index is 12.9. The molecule has 0 saturated carbocycles. The van der Waals surface area contributed by atoms with E-state index in [0.29, 0.717) is 13.2 Å². The molecule has 1 aliphatic heterocycles. The van der Waals surface area contributed by atoms with E-state index in [1.165, 1.54) is 0 Å². The van der Waals surface area contributed by atoms with E-state index < -0.39 is 5.79 Å². The molecule has 1 aliphatic rings. The molecule has 0 unspecified atom stereocenters. The van der Waals surface area contributed by atoms with Crippen LogP contribution in [0.4, 0.5) is 0 Å². The van der Waals surface area contributed by atoms with Crippen molar-refractivity contribution in [3.8, 4) is 0 Å². The van der Waals surface area contributed by atoms with Gasteiger partial charge in [0.25, 0.3) is 0 Å². The van der Waals surface area contributed by atoms with Crippen molar-refractivity contribution in [1.82, 2.24) is 0 Å². The van der Waals surface area contributed by atoms with E-state index in [-0.39, 0.29) is 11.3 Å². The van der Waals surface area contributed by atoms with Crippen molar-refractivity contribution in [2.45, 2.75) is 19.6 Å². The minimum Gasteiger partial charge on any atom is -0.343 e. The number of benzene rings is 2. The smallest absolute Gasteiger partial charge is 0.197 e. The van der Waals surface area contributed by atoms with Gasteiger partial charge in [0.1, 0.15) is 0 Å². The number of rotatable bonds is 2. The van der Waals surface area contributed by atoms with Crippen LogP contribution in [0, 0.1) is 5.92 Å². The van der Waals surface area contributed by atoms with Crippen molar-refractivity contribution in [2.24, 2.45) is 5.92 Å². The first-order valence-electron chi connectivity index (χ1n) is 7.86. The summed E-state index contributed by atoms with van der Waals surface area (Å²) in [6.07, 6.45) is 0. The molecule has 1 saturated heterocycles. The maximum Gasteiger partial charge on any atom is 0.197 e. The van der Waals surface area contributed by atoms with Crippen LogP contribution in [-0.4, -0.2) is 13.2 Å². The molecule has 118 valence electrons. The molecule has 0 aliphatic carbocycles. The van der Waals surface area contributed by atoms with Crippen LogP contribution in [0.3, 0.4) is 0 Å². The number of ether oxygens (including phenoxy) is 2. The Hall–Kier alpha value is -1.75. The third-order valence-corrected chi connectivity index (χ3v) is 5.61. The fraction of sp³-hybridized carbons (Fsp3) is 0.316. The first-order chi connectivity index (χ1) is 11.1. The Morgan fingerprint density at radius 3 is 2.43 bits per heavy atom. The molecular weight excluding hydrogens is 308 g/mol. The monoisotopic (exact) mass is 326 g/mol. The predicted octanol–water partition coefficient (Wildman–Crippen LogP) is 4.27. The van der Waals surface area contributed by atoms with E-state index in [2.05, 4.69) is 13.8 Å². The van der Waals surface area contributed by atoms with Crippen molar-refractivity contribution in [2.75, 3.05) is 13.2 Å². The Balaban J connectivity index is 1.99. The van der Waals surface area contributed by atoms with Gasteiger partial charge in [-0.1, -0.05) is 32.0 Å². The maximum absolute atomic E-state index is 12.9. The molecule has 0 spiro atoms. The second-order valence-electron chi connectivity index (χ2n) is 6.16. The van der Waals surface area contributed by atoms with Crippen LogP contribution in [-0.2, 0) is 15.3 Å². The number of fused-ring (bicyclic) bond motifs is 2. The summed E-state index contributed by atoms with van der Waals surface area (Å²) in [5, 5.41) is 1.51. The van der Waals surface area contributed by atoms with Crippen LogP contribution in [0.2, 0.25) is 0 Å². The molecule has 0 bridgehead atoms. The third kappa shape index (κ3) is 2.21. The summed E-state index contributed by atoms with van der Waals surface area (Å²) in [7, 11) is 0. The lowest BCUT2D eigenvalue weighted by Gasteiger charge is -2.32. The summed E-state index contributed by atoms with van der Waals surface area (Å²) in [5.41, 5.74) is 1.00. The Kier molecular flexibility index (Phi) is 3.48. The van der Waals surface area contributed by atoms with Crippen LogP contribution in [0.25, 0.3) is 20.2 Å². The van der Waals surface area contributed by atoms with Crippen LogP contribution >= 0.6 is 11.3 Å². The van der Waals surface area contributed by atoms with Gasteiger partial charge in [0, 0.05) is 31.7 Å². The second kappa shape index (κ2) is 5.41. The second-order valence-corrected chi connectivity index (χ2v) is 7.24. The summed E-state index contributed by atoms with van der Waals surface area (Å²) in [6.45, 7) is 5.33. The van der Waals surface area contributed by atoms with Gasteiger partial charge in [0.2, 0.25) is 0 Å². The molecule has 2 aromatic carbocycles. The molecular formula is C19H18O3S. The zero-order chi connectivity index (χ0) is 16.0. The van der Waals surface area contributed by atoms with E-state index in [9.17, 15) is 4.79 Å². The average molecular weight is 326 g/mol. The summed E-state index contributed by atoms with van der Waals surface area (Å²) in [4.78, 5) is 12.9. The lowest BCUT2D eigenvalue weighted by Crippen LogP contribution is -2.33. The lowest BCUT2D eigenvalue weighted by atomic mass is 9.93. The standard InChI is InChI=1S/C19H18O3S/c1-12(2)19(21-9-10-22-19)13-7-8-17-15(11-13)18(20)14-5-3-4-6-16(14)23-17/h3-8,11-12H,9-10H2,1-2H3. The molecule has 0 N–H and O–H groups in total. The van der Waals surface area contributed by atoms with Crippen molar-refractivity contribution in [1.29, 1.82) is 0 Å². The zero-order valence-electron chi connectivity index (χ0n) is 13.2. The summed E-state index contributed by atoms with van der Waals surface area (Å²) in [6, 6.07) is 13.7. The first-order valence-corrected chi connectivity index (χ1v) is 8.67. The van der Waals surface area contributed by atoms with Gasteiger partial charge in [-0.15, -0.1) is 11.3 Å². The highest BCUT2D eigenvalue weighted by atomic mass is 32.1. The fourth-order valence-corrected chi connectivity index (χ4v) is 4.33. The Bertz CT molecular complexity index is 936. The van der Waals surface area contributed by atoms with Gasteiger partial charge in [-0.2, -0.15) is 0 Å². The Labute approximate surface area is 138 Å². The van der Waals surface area contributed by atoms with Gasteiger partial charge in [0.15, 0.2) is 11.2 Å². The molecule has 4 rings (SSSR count). The SMILES string of the molecule is CC(C)C1(c2ccc3sc4ccccc4c(=O)c3c2)OCCO1. The molecule has 0 amide bonds. The first kappa shape index (κ1) is 14.8. The molecule has 0 atom stereocenters. The van der Waals surface area contributed by atoms with Gasteiger partial charge in [-0.05, 0) is 24.3 Å². The van der Waals surface area contributed by atoms with Crippen molar-refractivity contribution < 1.29 is 9.47 Å². The Morgan fingerprint density at radius 2 is 1.70 bits per heavy atom. The highest BCUT2D eigenvalue weighted by Crippen LogP contribution is 2.39. The normalized spacial score (nSPS) is 17.3. The predicted molar refractivity (Wildman–Crippen MR) is 94.0 cm³/mol. The summed E-state index contributed by atoms with van der Waals surface area (Å²) in [5.74, 6) is -0.571. The number of hydrogen-bond acceptors (Lipinski definition) is 4. The molecule has 1 aromatic heterocycles. The van der Waals surface area contributed by atoms with E-state index in [0.717, 1.165) is 25.7 Å². The number of hydrogen-bond donors (Lipinski definition) is 0. The van der Waals surface area contributed by atoms with Crippen molar-refractivity contribution >= 4 is 31.5 Å². The van der Waals surface area contributed by atoms with Crippen LogP contribution in [0.1, 0.15) is 19.4 Å². The average Bonchev–Trinajstić information content (AvgIpc) is 3.06. The largest absolute Gasteiger partial charge is 0.343 e. The molecule has 1 fully saturated rings. The van der Waals surface area contributed by atoms with Gasteiger partial charge in [-0.25, -0.2) is 0 Å². The summed E-state index contributed by atoms with van der Waals surface area (Å²) < 4.78 is 13.9. The molecule has 3 aromatic rings. The quantitative estimate of drug-likeness (QED) is 0.660. The summed E-state index contributed by atoms with van der Waals surface area (Å²) >= 11 is 1.64.